The maximum Gasteiger partial charge on any atom is 0.147 e. The van der Waals surface area contributed by atoms with Crippen molar-refractivity contribution in [1.82, 2.24) is 9.97 Å². The first-order valence-electron chi connectivity index (χ1n) is 6.31. The van der Waals surface area contributed by atoms with Gasteiger partial charge in [0.2, 0.25) is 0 Å². The highest BCUT2D eigenvalue weighted by Crippen LogP contribution is 2.18. The molecule has 0 unspecified atom stereocenters. The van der Waals surface area contributed by atoms with Gasteiger partial charge in [-0.05, 0) is 31.4 Å². The molecule has 2 heterocycles. The van der Waals surface area contributed by atoms with Crippen molar-refractivity contribution in [2.75, 3.05) is 18.0 Å². The minimum Gasteiger partial charge on any atom is -0.355 e. The topological polar surface area (TPSA) is 29.0 Å². The van der Waals surface area contributed by atoms with Gasteiger partial charge in [0.1, 0.15) is 13.7 Å². The van der Waals surface area contributed by atoms with Crippen LogP contribution in [0.2, 0.25) is 0 Å². The van der Waals surface area contributed by atoms with Crippen LogP contribution in [-0.2, 0) is 0 Å². The molecular weight excluding hydrogens is 209 g/mol. The maximum absolute atomic E-state index is 4.72. The van der Waals surface area contributed by atoms with Crippen LogP contribution in [0.3, 0.4) is 0 Å². The summed E-state index contributed by atoms with van der Waals surface area (Å²) in [6.07, 6.45) is 5.79. The van der Waals surface area contributed by atoms with Crippen molar-refractivity contribution in [2.45, 2.75) is 19.3 Å². The Kier molecular flexibility index (Phi) is 2.71. The number of piperidine rings is 1. The highest BCUT2D eigenvalue weighted by Gasteiger charge is 2.12. The predicted octanol–water partition coefficient (Wildman–Crippen LogP) is 0.878. The average molecular weight is 225 g/mol. The number of aromatic nitrogens is 2. The number of anilines is 1. The van der Waals surface area contributed by atoms with Crippen LogP contribution in [0.5, 0.6) is 0 Å². The third-order valence-electron chi connectivity index (χ3n) is 3.37. The van der Waals surface area contributed by atoms with Gasteiger partial charge >= 0.3 is 0 Å². The van der Waals surface area contributed by atoms with Crippen LogP contribution in [0.4, 0.5) is 5.82 Å². The standard InChI is InChI=1S/C13H16BN3/c14-10-4-5-11-12(8-10)16-13(9-15-11)17-6-2-1-3-7-17/h4-5,8-9H,1-3,6-7,14H2. The van der Waals surface area contributed by atoms with Crippen LogP contribution < -0.4 is 10.4 Å². The van der Waals surface area contributed by atoms with Crippen LogP contribution >= 0.6 is 0 Å². The van der Waals surface area contributed by atoms with Crippen LogP contribution in [-0.4, -0.2) is 30.9 Å². The molecule has 86 valence electrons. The van der Waals surface area contributed by atoms with Gasteiger partial charge in [-0.1, -0.05) is 11.5 Å². The SMILES string of the molecule is Bc1ccc2ncc(N3CCCCC3)nc2c1. The Balaban J connectivity index is 1.99. The highest BCUT2D eigenvalue weighted by molar-refractivity contribution is 6.33. The Hall–Kier alpha value is -1.58. The van der Waals surface area contributed by atoms with E-state index in [-0.39, 0.29) is 0 Å². The number of fused-ring (bicyclic) bond motifs is 1. The molecule has 3 rings (SSSR count). The van der Waals surface area contributed by atoms with E-state index in [0.29, 0.717) is 0 Å². The number of hydrogen-bond donors (Lipinski definition) is 0. The molecule has 0 amide bonds. The molecule has 17 heavy (non-hydrogen) atoms. The molecule has 1 aromatic heterocycles. The molecule has 0 radical (unpaired) electrons. The zero-order valence-electron chi connectivity index (χ0n) is 10.2. The molecule has 1 fully saturated rings. The lowest BCUT2D eigenvalue weighted by molar-refractivity contribution is 0.573. The zero-order valence-corrected chi connectivity index (χ0v) is 10.2. The van der Waals surface area contributed by atoms with E-state index in [9.17, 15) is 0 Å². The second-order valence-corrected chi connectivity index (χ2v) is 4.77. The predicted molar refractivity (Wildman–Crippen MR) is 73.8 cm³/mol. The minimum absolute atomic E-state index is 0.983. The summed E-state index contributed by atoms with van der Waals surface area (Å²) >= 11 is 0. The zero-order chi connectivity index (χ0) is 11.7. The van der Waals surface area contributed by atoms with Gasteiger partial charge in [0.05, 0.1) is 17.2 Å². The first-order chi connectivity index (χ1) is 8.33. The van der Waals surface area contributed by atoms with Gasteiger partial charge in [-0.3, -0.25) is 4.98 Å². The van der Waals surface area contributed by atoms with E-state index < -0.39 is 0 Å². The Morgan fingerprint density at radius 3 is 2.71 bits per heavy atom. The molecule has 0 aliphatic carbocycles. The van der Waals surface area contributed by atoms with E-state index >= 15 is 0 Å². The fourth-order valence-corrected chi connectivity index (χ4v) is 2.39. The molecule has 1 saturated heterocycles. The molecule has 1 aliphatic rings. The summed E-state index contributed by atoms with van der Waals surface area (Å²) in [4.78, 5) is 11.6. The van der Waals surface area contributed by atoms with Gasteiger partial charge < -0.3 is 4.90 Å². The van der Waals surface area contributed by atoms with Crippen LogP contribution in [0.25, 0.3) is 11.0 Å². The molecule has 1 aliphatic heterocycles. The van der Waals surface area contributed by atoms with Crippen molar-refractivity contribution in [3.05, 3.63) is 24.4 Å². The summed E-state index contributed by atoms with van der Waals surface area (Å²) in [6, 6.07) is 6.23. The van der Waals surface area contributed by atoms with E-state index in [0.717, 1.165) is 29.9 Å². The largest absolute Gasteiger partial charge is 0.355 e. The molecule has 0 atom stereocenters. The normalized spacial score (nSPS) is 16.4. The number of rotatable bonds is 1. The van der Waals surface area contributed by atoms with E-state index in [1.54, 1.807) is 0 Å². The lowest BCUT2D eigenvalue weighted by atomic mass is 9.96. The monoisotopic (exact) mass is 225 g/mol. The van der Waals surface area contributed by atoms with Gasteiger partial charge in [-0.25, -0.2) is 4.98 Å². The molecule has 0 spiro atoms. The van der Waals surface area contributed by atoms with Gasteiger partial charge in [-0.15, -0.1) is 0 Å². The second-order valence-electron chi connectivity index (χ2n) is 4.77. The van der Waals surface area contributed by atoms with Crippen LogP contribution in [0.1, 0.15) is 19.3 Å². The van der Waals surface area contributed by atoms with Crippen molar-refractivity contribution in [3.8, 4) is 0 Å². The number of nitrogens with zero attached hydrogens (tertiary/aromatic N) is 3. The lowest BCUT2D eigenvalue weighted by Gasteiger charge is -2.27. The molecule has 2 aromatic rings. The molecule has 3 nitrogen and oxygen atoms in total. The lowest BCUT2D eigenvalue weighted by Crippen LogP contribution is -2.30. The smallest absolute Gasteiger partial charge is 0.147 e. The molecule has 4 heteroatoms. The van der Waals surface area contributed by atoms with Crippen molar-refractivity contribution in [3.63, 3.8) is 0 Å². The highest BCUT2D eigenvalue weighted by atomic mass is 15.2. The molecule has 0 saturated carbocycles. The van der Waals surface area contributed by atoms with Gasteiger partial charge in [-0.2, -0.15) is 0 Å². The Morgan fingerprint density at radius 1 is 1.06 bits per heavy atom. The van der Waals surface area contributed by atoms with E-state index in [1.165, 1.54) is 24.7 Å². The third-order valence-corrected chi connectivity index (χ3v) is 3.37. The average Bonchev–Trinajstić information content (AvgIpc) is 2.39. The first kappa shape index (κ1) is 10.6. The summed E-state index contributed by atoms with van der Waals surface area (Å²) in [5.41, 5.74) is 3.23. The first-order valence-corrected chi connectivity index (χ1v) is 6.31. The fraction of sp³-hybridized carbons (Fsp3) is 0.385. The molecule has 0 N–H and O–H groups in total. The van der Waals surface area contributed by atoms with Crippen LogP contribution in [0, 0.1) is 0 Å². The van der Waals surface area contributed by atoms with E-state index in [1.807, 2.05) is 12.3 Å². The molecule has 0 bridgehead atoms. The Morgan fingerprint density at radius 2 is 1.88 bits per heavy atom. The summed E-state index contributed by atoms with van der Waals surface area (Å²) in [7, 11) is 2.09. The second kappa shape index (κ2) is 4.36. The van der Waals surface area contributed by atoms with E-state index in [4.69, 9.17) is 4.98 Å². The molecule has 1 aromatic carbocycles. The quantitative estimate of drug-likeness (QED) is 0.674. The summed E-state index contributed by atoms with van der Waals surface area (Å²) in [5, 5.41) is 0. The third kappa shape index (κ3) is 2.12. The summed E-state index contributed by atoms with van der Waals surface area (Å²) in [6.45, 7) is 2.23. The van der Waals surface area contributed by atoms with Crippen molar-refractivity contribution >= 4 is 30.2 Å². The van der Waals surface area contributed by atoms with Crippen molar-refractivity contribution in [2.24, 2.45) is 0 Å². The van der Waals surface area contributed by atoms with Crippen molar-refractivity contribution < 1.29 is 0 Å². The van der Waals surface area contributed by atoms with Gasteiger partial charge in [0, 0.05) is 13.1 Å². The van der Waals surface area contributed by atoms with Crippen molar-refractivity contribution in [1.29, 1.82) is 0 Å². The van der Waals surface area contributed by atoms with Gasteiger partial charge in [0.25, 0.3) is 0 Å². The van der Waals surface area contributed by atoms with Crippen LogP contribution in [0.15, 0.2) is 24.4 Å². The number of hydrogen-bond acceptors (Lipinski definition) is 3. The Labute approximate surface area is 102 Å². The molecular formula is C13H16BN3. The summed E-state index contributed by atoms with van der Waals surface area (Å²) in [5.74, 6) is 1.03. The minimum atomic E-state index is 0.983. The summed E-state index contributed by atoms with van der Waals surface area (Å²) < 4.78 is 0. The fourth-order valence-electron chi connectivity index (χ4n) is 2.39. The van der Waals surface area contributed by atoms with Gasteiger partial charge in [0.15, 0.2) is 0 Å². The Bertz CT molecular complexity index is 535. The number of benzene rings is 1. The van der Waals surface area contributed by atoms with E-state index in [2.05, 4.69) is 29.9 Å². The maximum atomic E-state index is 4.72.